The standard InChI is InChI=1S/C11H16BF2NO3/c1-2-18-10(17)11(7-8(11)12(13)14)9(16)15-5-3-4-6-15/h8H,2-7H2,1H3/t8-,11+/m0/s1. The van der Waals surface area contributed by atoms with Crippen molar-refractivity contribution < 1.29 is 23.0 Å². The van der Waals surface area contributed by atoms with Gasteiger partial charge in [0.05, 0.1) is 6.61 Å². The van der Waals surface area contributed by atoms with Gasteiger partial charge in [0.25, 0.3) is 0 Å². The van der Waals surface area contributed by atoms with E-state index < -0.39 is 30.4 Å². The molecule has 1 saturated heterocycles. The predicted molar refractivity (Wildman–Crippen MR) is 61.2 cm³/mol. The molecule has 0 aromatic heterocycles. The minimum atomic E-state index is -2.65. The molecule has 1 aliphatic heterocycles. The number of carbonyl (C=O) groups is 2. The van der Waals surface area contributed by atoms with Crippen LogP contribution in [-0.4, -0.2) is 43.7 Å². The Labute approximate surface area is 105 Å². The van der Waals surface area contributed by atoms with E-state index in [0.717, 1.165) is 12.8 Å². The highest BCUT2D eigenvalue weighted by atomic mass is 19.2. The SMILES string of the molecule is CCOC(=O)[C@]1(C(=O)N2CCCC2)C[C@@H]1B(F)F. The second-order valence-corrected chi connectivity index (χ2v) is 4.84. The van der Waals surface area contributed by atoms with E-state index in [1.54, 1.807) is 6.92 Å². The van der Waals surface area contributed by atoms with Crippen LogP contribution in [0.2, 0.25) is 5.82 Å². The van der Waals surface area contributed by atoms with Crippen molar-refractivity contribution in [1.29, 1.82) is 0 Å². The van der Waals surface area contributed by atoms with E-state index >= 15 is 0 Å². The van der Waals surface area contributed by atoms with Crippen LogP contribution in [0.4, 0.5) is 8.63 Å². The smallest absolute Gasteiger partial charge is 0.465 e. The Morgan fingerprint density at radius 1 is 1.39 bits per heavy atom. The average Bonchev–Trinajstić information content (AvgIpc) is 2.87. The van der Waals surface area contributed by atoms with Crippen molar-refractivity contribution in [2.75, 3.05) is 19.7 Å². The van der Waals surface area contributed by atoms with E-state index in [0.29, 0.717) is 13.1 Å². The number of amides is 1. The molecule has 0 bridgehead atoms. The number of nitrogens with zero attached hydrogens (tertiary/aromatic N) is 1. The average molecular weight is 259 g/mol. The van der Waals surface area contributed by atoms with Crippen LogP contribution in [0.5, 0.6) is 0 Å². The molecule has 1 heterocycles. The van der Waals surface area contributed by atoms with Crippen molar-refractivity contribution in [3.63, 3.8) is 0 Å². The summed E-state index contributed by atoms with van der Waals surface area (Å²) in [5.41, 5.74) is -1.60. The van der Waals surface area contributed by atoms with E-state index in [1.807, 2.05) is 0 Å². The first kappa shape index (κ1) is 13.3. The van der Waals surface area contributed by atoms with Crippen LogP contribution >= 0.6 is 0 Å². The molecule has 100 valence electrons. The number of rotatable bonds is 4. The molecule has 7 heteroatoms. The Balaban J connectivity index is 2.16. The second-order valence-electron chi connectivity index (χ2n) is 4.84. The fourth-order valence-corrected chi connectivity index (χ4v) is 2.62. The number of likely N-dealkylation sites (tertiary alicyclic amines) is 1. The van der Waals surface area contributed by atoms with Crippen molar-refractivity contribution in [3.05, 3.63) is 0 Å². The third-order valence-corrected chi connectivity index (χ3v) is 3.73. The number of carbonyl (C=O) groups excluding carboxylic acids is 2. The van der Waals surface area contributed by atoms with Crippen molar-refractivity contribution in [3.8, 4) is 0 Å². The summed E-state index contributed by atoms with van der Waals surface area (Å²) < 4.78 is 30.4. The molecule has 0 spiro atoms. The van der Waals surface area contributed by atoms with Crippen molar-refractivity contribution in [2.45, 2.75) is 32.0 Å². The highest BCUT2D eigenvalue weighted by Gasteiger charge is 2.72. The Bertz CT molecular complexity index is 360. The van der Waals surface area contributed by atoms with Crippen LogP contribution in [0.3, 0.4) is 0 Å². The van der Waals surface area contributed by atoms with Crippen LogP contribution in [-0.2, 0) is 14.3 Å². The molecule has 0 unspecified atom stereocenters. The van der Waals surface area contributed by atoms with Crippen molar-refractivity contribution in [1.82, 2.24) is 4.90 Å². The molecule has 1 amide bonds. The number of esters is 1. The van der Waals surface area contributed by atoms with Crippen LogP contribution in [0.25, 0.3) is 0 Å². The highest BCUT2D eigenvalue weighted by molar-refractivity contribution is 6.49. The molecule has 2 fully saturated rings. The number of hydrogen-bond acceptors (Lipinski definition) is 3. The van der Waals surface area contributed by atoms with Gasteiger partial charge >= 0.3 is 13.2 Å². The van der Waals surface area contributed by atoms with E-state index in [2.05, 4.69) is 0 Å². The Morgan fingerprint density at radius 2 is 2.00 bits per heavy atom. The molecule has 2 atom stereocenters. The zero-order valence-corrected chi connectivity index (χ0v) is 10.3. The topological polar surface area (TPSA) is 46.6 Å². The second kappa shape index (κ2) is 4.86. The van der Waals surface area contributed by atoms with Crippen LogP contribution in [0, 0.1) is 5.41 Å². The minimum Gasteiger partial charge on any atom is -0.465 e. The molecule has 4 nitrogen and oxygen atoms in total. The normalized spacial score (nSPS) is 30.2. The van der Waals surface area contributed by atoms with Gasteiger partial charge < -0.3 is 9.64 Å². The van der Waals surface area contributed by atoms with Crippen molar-refractivity contribution in [2.24, 2.45) is 5.41 Å². The Kier molecular flexibility index (Phi) is 3.59. The summed E-state index contributed by atoms with van der Waals surface area (Å²) in [5, 5.41) is 0. The zero-order valence-electron chi connectivity index (χ0n) is 10.3. The van der Waals surface area contributed by atoms with Crippen LogP contribution in [0.15, 0.2) is 0 Å². The lowest BCUT2D eigenvalue weighted by molar-refractivity contribution is -0.157. The maximum absolute atomic E-state index is 12.8. The monoisotopic (exact) mass is 259 g/mol. The molecule has 0 radical (unpaired) electrons. The van der Waals surface area contributed by atoms with E-state index in [1.165, 1.54) is 4.90 Å². The van der Waals surface area contributed by atoms with Gasteiger partial charge in [-0.05, 0) is 26.2 Å². The summed E-state index contributed by atoms with van der Waals surface area (Å²) in [6.45, 7) is 2.81. The number of hydrogen-bond donors (Lipinski definition) is 0. The fraction of sp³-hybridized carbons (Fsp3) is 0.818. The summed E-state index contributed by atoms with van der Waals surface area (Å²) in [4.78, 5) is 25.6. The molecule has 18 heavy (non-hydrogen) atoms. The third-order valence-electron chi connectivity index (χ3n) is 3.73. The summed E-state index contributed by atoms with van der Waals surface area (Å²) in [7, 11) is -2.65. The molecule has 1 saturated carbocycles. The maximum Gasteiger partial charge on any atom is 0.542 e. The molecular weight excluding hydrogens is 243 g/mol. The Morgan fingerprint density at radius 3 is 2.44 bits per heavy atom. The summed E-state index contributed by atoms with van der Waals surface area (Å²) in [6, 6.07) is 0. The molecule has 1 aliphatic carbocycles. The van der Waals surface area contributed by atoms with Crippen LogP contribution < -0.4 is 0 Å². The van der Waals surface area contributed by atoms with Gasteiger partial charge in [-0.15, -0.1) is 0 Å². The Hall–Kier alpha value is -1.14. The first-order valence-corrected chi connectivity index (χ1v) is 6.28. The van der Waals surface area contributed by atoms with Gasteiger partial charge in [-0.1, -0.05) is 0 Å². The van der Waals surface area contributed by atoms with E-state index in [9.17, 15) is 18.2 Å². The lowest BCUT2D eigenvalue weighted by Gasteiger charge is -2.22. The van der Waals surface area contributed by atoms with Gasteiger partial charge in [-0.3, -0.25) is 18.2 Å². The first-order valence-electron chi connectivity index (χ1n) is 6.28. The summed E-state index contributed by atoms with van der Waals surface area (Å²) >= 11 is 0. The fourth-order valence-electron chi connectivity index (χ4n) is 2.62. The van der Waals surface area contributed by atoms with Gasteiger partial charge in [-0.25, -0.2) is 0 Å². The van der Waals surface area contributed by atoms with Gasteiger partial charge in [0.2, 0.25) is 5.91 Å². The molecule has 0 N–H and O–H groups in total. The van der Waals surface area contributed by atoms with Gasteiger partial charge in [-0.2, -0.15) is 0 Å². The van der Waals surface area contributed by atoms with Crippen LogP contribution in [0.1, 0.15) is 26.2 Å². The molecule has 2 aliphatic rings. The van der Waals surface area contributed by atoms with E-state index in [4.69, 9.17) is 4.74 Å². The zero-order chi connectivity index (χ0) is 13.3. The lowest BCUT2D eigenvalue weighted by atomic mass is 9.82. The van der Waals surface area contributed by atoms with Gasteiger partial charge in [0.15, 0.2) is 0 Å². The minimum absolute atomic E-state index is 0.0845. The molecule has 0 aromatic rings. The van der Waals surface area contributed by atoms with Gasteiger partial charge in [0.1, 0.15) is 5.41 Å². The quantitative estimate of drug-likeness (QED) is 0.435. The van der Waals surface area contributed by atoms with Crippen molar-refractivity contribution >= 4 is 19.1 Å². The molecular formula is C11H16BF2NO3. The largest absolute Gasteiger partial charge is 0.542 e. The molecule has 0 aromatic carbocycles. The summed E-state index contributed by atoms with van der Waals surface area (Å²) in [6.07, 6.45) is 1.65. The third kappa shape index (κ3) is 1.99. The number of ether oxygens (including phenoxy) is 1. The highest BCUT2D eigenvalue weighted by Crippen LogP contribution is 2.62. The van der Waals surface area contributed by atoms with Gasteiger partial charge in [0, 0.05) is 18.9 Å². The number of halogens is 2. The predicted octanol–water partition coefficient (Wildman–Crippen LogP) is 1.36. The maximum atomic E-state index is 12.8. The first-order chi connectivity index (χ1) is 8.54. The molecule has 2 rings (SSSR count). The lowest BCUT2D eigenvalue weighted by Crippen LogP contribution is -2.41. The summed E-state index contributed by atoms with van der Waals surface area (Å²) in [5.74, 6) is -2.43. The van der Waals surface area contributed by atoms with E-state index in [-0.39, 0.29) is 13.0 Å².